The fourth-order valence-electron chi connectivity index (χ4n) is 2.73. The Hall–Kier alpha value is -1.00. The van der Waals surface area contributed by atoms with Crippen molar-refractivity contribution in [2.45, 2.75) is 99.4 Å². The van der Waals surface area contributed by atoms with Gasteiger partial charge in [-0.3, -0.25) is 9.59 Å². The van der Waals surface area contributed by atoms with E-state index in [0.717, 1.165) is 12.2 Å². The van der Waals surface area contributed by atoms with Gasteiger partial charge in [0, 0.05) is 17.3 Å². The van der Waals surface area contributed by atoms with Crippen molar-refractivity contribution in [3.05, 3.63) is 0 Å². The lowest BCUT2D eigenvalue weighted by Gasteiger charge is -2.06. The van der Waals surface area contributed by atoms with Gasteiger partial charge in [0.15, 0.2) is 15.5 Å². The molecule has 0 aliphatic heterocycles. The number of carboxylic acid groups (broad SMARTS) is 2. The number of aliphatic carboxylic acids is 2. The fourth-order valence-corrected chi connectivity index (χ4v) is 5.26. The molecule has 0 aliphatic carbocycles. The smallest absolute Gasteiger partial charge is 0.304 e. The number of thioether (sulfide) groups is 3. The standard InChI is InChI=1S/C21H35N3O4S3/c1-2-3-4-5-6-7-8-9-10-11-14-29-19-22-20(30-15-12-17(25)26)24-21(23-19)31-16-13-18(27)28/h2-16H2,1H3,(H,25,26)(H,27,28). The molecule has 0 saturated heterocycles. The number of rotatable bonds is 20. The average Bonchev–Trinajstić information content (AvgIpc) is 2.71. The van der Waals surface area contributed by atoms with Gasteiger partial charge in [-0.2, -0.15) is 15.0 Å². The largest absolute Gasteiger partial charge is 0.481 e. The summed E-state index contributed by atoms with van der Waals surface area (Å²) < 4.78 is 0. The van der Waals surface area contributed by atoms with Crippen molar-refractivity contribution in [1.82, 2.24) is 15.0 Å². The summed E-state index contributed by atoms with van der Waals surface area (Å²) in [4.78, 5) is 34.7. The zero-order valence-corrected chi connectivity index (χ0v) is 20.8. The minimum absolute atomic E-state index is 0.0406. The van der Waals surface area contributed by atoms with Crippen LogP contribution in [0.2, 0.25) is 0 Å². The molecular weight excluding hydrogens is 454 g/mol. The monoisotopic (exact) mass is 489 g/mol. The van der Waals surface area contributed by atoms with Crippen LogP contribution < -0.4 is 0 Å². The van der Waals surface area contributed by atoms with Gasteiger partial charge in [0.1, 0.15) is 0 Å². The summed E-state index contributed by atoms with van der Waals surface area (Å²) in [6.45, 7) is 2.24. The first-order valence-electron chi connectivity index (χ1n) is 11.1. The molecule has 0 unspecified atom stereocenters. The normalized spacial score (nSPS) is 11.0. The average molecular weight is 490 g/mol. The number of carbonyl (C=O) groups is 2. The zero-order valence-electron chi connectivity index (χ0n) is 18.4. The predicted molar refractivity (Wildman–Crippen MR) is 128 cm³/mol. The Kier molecular flexibility index (Phi) is 16.8. The molecule has 2 N–H and O–H groups in total. The van der Waals surface area contributed by atoms with E-state index in [2.05, 4.69) is 21.9 Å². The van der Waals surface area contributed by atoms with Gasteiger partial charge in [-0.15, -0.1) is 0 Å². The summed E-state index contributed by atoms with van der Waals surface area (Å²) >= 11 is 4.17. The maximum atomic E-state index is 10.7. The zero-order chi connectivity index (χ0) is 22.7. The van der Waals surface area contributed by atoms with Crippen molar-refractivity contribution in [3.8, 4) is 0 Å². The van der Waals surface area contributed by atoms with E-state index in [-0.39, 0.29) is 12.8 Å². The number of carboxylic acids is 2. The number of nitrogens with zero attached hydrogens (tertiary/aromatic N) is 3. The van der Waals surface area contributed by atoms with Gasteiger partial charge in [-0.25, -0.2) is 0 Å². The van der Waals surface area contributed by atoms with E-state index in [9.17, 15) is 9.59 Å². The quantitative estimate of drug-likeness (QED) is 0.166. The fraction of sp³-hybridized carbons (Fsp3) is 0.762. The van der Waals surface area contributed by atoms with Crippen LogP contribution in [0.4, 0.5) is 0 Å². The van der Waals surface area contributed by atoms with Crippen LogP contribution in [-0.2, 0) is 9.59 Å². The minimum Gasteiger partial charge on any atom is -0.481 e. The molecule has 10 heteroatoms. The molecule has 1 heterocycles. The van der Waals surface area contributed by atoms with E-state index in [4.69, 9.17) is 10.2 Å². The molecule has 0 fully saturated rings. The molecule has 1 aromatic heterocycles. The second kappa shape index (κ2) is 18.6. The lowest BCUT2D eigenvalue weighted by Crippen LogP contribution is -2.02. The van der Waals surface area contributed by atoms with Crippen molar-refractivity contribution in [3.63, 3.8) is 0 Å². The van der Waals surface area contributed by atoms with Gasteiger partial charge >= 0.3 is 11.9 Å². The van der Waals surface area contributed by atoms with Gasteiger partial charge in [-0.1, -0.05) is 100.0 Å². The molecule has 0 spiro atoms. The van der Waals surface area contributed by atoms with Crippen LogP contribution in [-0.4, -0.2) is 54.4 Å². The molecule has 0 aliphatic rings. The van der Waals surface area contributed by atoms with E-state index in [1.54, 1.807) is 11.8 Å². The van der Waals surface area contributed by atoms with E-state index < -0.39 is 11.9 Å². The van der Waals surface area contributed by atoms with Gasteiger partial charge < -0.3 is 10.2 Å². The molecule has 0 atom stereocenters. The topological polar surface area (TPSA) is 113 Å². The third kappa shape index (κ3) is 16.3. The van der Waals surface area contributed by atoms with Crippen LogP contribution in [0.1, 0.15) is 84.0 Å². The second-order valence-corrected chi connectivity index (χ2v) is 10.4. The highest BCUT2D eigenvalue weighted by molar-refractivity contribution is 8.00. The number of aromatic nitrogens is 3. The van der Waals surface area contributed by atoms with E-state index in [1.807, 2.05) is 0 Å². The van der Waals surface area contributed by atoms with Crippen LogP contribution in [0.3, 0.4) is 0 Å². The lowest BCUT2D eigenvalue weighted by atomic mass is 10.1. The molecule has 0 bridgehead atoms. The molecule has 1 aromatic rings. The van der Waals surface area contributed by atoms with Crippen LogP contribution in [0.5, 0.6) is 0 Å². The van der Waals surface area contributed by atoms with Crippen LogP contribution in [0.25, 0.3) is 0 Å². The van der Waals surface area contributed by atoms with E-state index >= 15 is 0 Å². The highest BCUT2D eigenvalue weighted by atomic mass is 32.2. The Morgan fingerprint density at radius 1 is 0.613 bits per heavy atom. The van der Waals surface area contributed by atoms with Crippen molar-refractivity contribution in [2.75, 3.05) is 17.3 Å². The summed E-state index contributed by atoms with van der Waals surface area (Å²) in [5.41, 5.74) is 0. The number of hydrogen-bond donors (Lipinski definition) is 2. The molecule has 31 heavy (non-hydrogen) atoms. The summed E-state index contributed by atoms with van der Waals surface area (Å²) in [6, 6.07) is 0. The van der Waals surface area contributed by atoms with Crippen molar-refractivity contribution in [1.29, 1.82) is 0 Å². The summed E-state index contributed by atoms with van der Waals surface area (Å²) in [5, 5.41) is 19.2. The van der Waals surface area contributed by atoms with Crippen LogP contribution in [0.15, 0.2) is 15.5 Å². The highest BCUT2D eigenvalue weighted by Gasteiger charge is 2.10. The van der Waals surface area contributed by atoms with Crippen molar-refractivity contribution in [2.24, 2.45) is 0 Å². The minimum atomic E-state index is -0.854. The molecule has 0 aromatic carbocycles. The maximum Gasteiger partial charge on any atom is 0.304 e. The van der Waals surface area contributed by atoms with Crippen LogP contribution in [0, 0.1) is 0 Å². The highest BCUT2D eigenvalue weighted by Crippen LogP contribution is 2.24. The van der Waals surface area contributed by atoms with Gasteiger partial charge in [0.25, 0.3) is 0 Å². The van der Waals surface area contributed by atoms with Crippen molar-refractivity contribution >= 4 is 47.2 Å². The molecule has 1 rings (SSSR count). The van der Waals surface area contributed by atoms with Gasteiger partial charge in [-0.05, 0) is 6.42 Å². The lowest BCUT2D eigenvalue weighted by molar-refractivity contribution is -0.137. The first-order valence-corrected chi connectivity index (χ1v) is 14.0. The molecular formula is C21H35N3O4S3. The van der Waals surface area contributed by atoms with Gasteiger partial charge in [0.2, 0.25) is 0 Å². The molecule has 7 nitrogen and oxygen atoms in total. The number of unbranched alkanes of at least 4 members (excludes halogenated alkanes) is 9. The third-order valence-electron chi connectivity index (χ3n) is 4.40. The Balaban J connectivity index is 2.36. The Labute approximate surface area is 198 Å². The first kappa shape index (κ1) is 28.0. The third-order valence-corrected chi connectivity index (χ3v) is 7.03. The van der Waals surface area contributed by atoms with Crippen molar-refractivity contribution < 1.29 is 19.8 Å². The Bertz CT molecular complexity index is 612. The van der Waals surface area contributed by atoms with Gasteiger partial charge in [0.05, 0.1) is 12.8 Å². The molecule has 0 radical (unpaired) electrons. The molecule has 0 amide bonds. The van der Waals surface area contributed by atoms with E-state index in [1.165, 1.54) is 81.3 Å². The summed E-state index contributed by atoms with van der Waals surface area (Å²) in [7, 11) is 0. The Morgan fingerprint density at radius 2 is 0.968 bits per heavy atom. The predicted octanol–water partition coefficient (Wildman–Crippen LogP) is 6.02. The second-order valence-electron chi connectivity index (χ2n) is 7.20. The maximum absolute atomic E-state index is 10.7. The summed E-state index contributed by atoms with van der Waals surface area (Å²) in [6.07, 6.45) is 13.0. The Morgan fingerprint density at radius 3 is 1.35 bits per heavy atom. The number of hydrogen-bond acceptors (Lipinski definition) is 8. The summed E-state index contributed by atoms with van der Waals surface area (Å²) in [5.74, 6) is 0.00247. The molecule has 0 saturated carbocycles. The first-order chi connectivity index (χ1) is 15.0. The SMILES string of the molecule is CCCCCCCCCCCCSc1nc(SCCC(=O)O)nc(SCCC(=O)O)n1. The van der Waals surface area contributed by atoms with Crippen LogP contribution >= 0.6 is 35.3 Å². The molecule has 176 valence electrons. The van der Waals surface area contributed by atoms with E-state index in [0.29, 0.717) is 27.0 Å².